The molecule has 0 amide bonds. The quantitative estimate of drug-likeness (QED) is 0.833. The van der Waals surface area contributed by atoms with Crippen molar-refractivity contribution in [1.29, 1.82) is 0 Å². The first-order chi connectivity index (χ1) is 7.67. The summed E-state index contributed by atoms with van der Waals surface area (Å²) >= 11 is 0. The van der Waals surface area contributed by atoms with Gasteiger partial charge >= 0.3 is 0 Å². The number of nitrogens with zero attached hydrogens (tertiary/aromatic N) is 1. The molecule has 1 atom stereocenters. The van der Waals surface area contributed by atoms with Crippen LogP contribution in [0, 0.1) is 6.92 Å². The topological polar surface area (TPSA) is 17.0 Å². The van der Waals surface area contributed by atoms with Crippen molar-refractivity contribution >= 4 is 10.9 Å². The number of aromatic nitrogens is 1. The summed E-state index contributed by atoms with van der Waals surface area (Å²) in [7, 11) is 2.00. The molecule has 0 aliphatic rings. The van der Waals surface area contributed by atoms with Crippen LogP contribution in [-0.2, 0) is 6.54 Å². The third-order valence-corrected chi connectivity index (χ3v) is 3.38. The van der Waals surface area contributed by atoms with E-state index in [2.05, 4.69) is 55.1 Å². The fraction of sp³-hybridized carbons (Fsp3) is 0.429. The summed E-state index contributed by atoms with van der Waals surface area (Å²) in [5.41, 5.74) is 4.06. The summed E-state index contributed by atoms with van der Waals surface area (Å²) in [6, 6.07) is 7.16. The average molecular weight is 216 g/mol. The Labute approximate surface area is 97.3 Å². The van der Waals surface area contributed by atoms with Gasteiger partial charge in [-0.05, 0) is 51.1 Å². The molecule has 0 radical (unpaired) electrons. The van der Waals surface area contributed by atoms with Crippen molar-refractivity contribution in [3.8, 4) is 0 Å². The van der Waals surface area contributed by atoms with Gasteiger partial charge in [0, 0.05) is 29.7 Å². The maximum absolute atomic E-state index is 3.28. The highest BCUT2D eigenvalue weighted by Gasteiger charge is 2.08. The summed E-state index contributed by atoms with van der Waals surface area (Å²) < 4.78 is 2.30. The number of fused-ring (bicyclic) bond motifs is 1. The summed E-state index contributed by atoms with van der Waals surface area (Å²) in [5, 5.41) is 4.66. The lowest BCUT2D eigenvalue weighted by atomic mass is 10.1. The van der Waals surface area contributed by atoms with E-state index in [1.54, 1.807) is 0 Å². The lowest BCUT2D eigenvalue weighted by Gasteiger charge is -2.11. The van der Waals surface area contributed by atoms with Gasteiger partial charge in [-0.2, -0.15) is 0 Å². The van der Waals surface area contributed by atoms with E-state index in [1.165, 1.54) is 22.0 Å². The Hall–Kier alpha value is -1.28. The Kier molecular flexibility index (Phi) is 3.01. The maximum atomic E-state index is 3.28. The van der Waals surface area contributed by atoms with Crippen molar-refractivity contribution in [2.24, 2.45) is 0 Å². The molecule has 2 heteroatoms. The van der Waals surface area contributed by atoms with Crippen LogP contribution in [0.1, 0.15) is 31.0 Å². The van der Waals surface area contributed by atoms with Crippen molar-refractivity contribution in [3.05, 3.63) is 35.5 Å². The van der Waals surface area contributed by atoms with E-state index in [1.807, 2.05) is 7.05 Å². The van der Waals surface area contributed by atoms with Crippen LogP contribution >= 0.6 is 0 Å². The van der Waals surface area contributed by atoms with Crippen LogP contribution in [0.4, 0.5) is 0 Å². The van der Waals surface area contributed by atoms with E-state index in [9.17, 15) is 0 Å². The molecule has 1 aromatic heterocycles. The molecule has 1 N–H and O–H groups in total. The van der Waals surface area contributed by atoms with E-state index in [0.717, 1.165) is 6.54 Å². The van der Waals surface area contributed by atoms with Gasteiger partial charge in [0.25, 0.3) is 0 Å². The van der Waals surface area contributed by atoms with Gasteiger partial charge in [-0.3, -0.25) is 0 Å². The molecular weight excluding hydrogens is 196 g/mol. The molecule has 2 aromatic rings. The van der Waals surface area contributed by atoms with Gasteiger partial charge in [0.1, 0.15) is 0 Å². The van der Waals surface area contributed by atoms with E-state index < -0.39 is 0 Å². The van der Waals surface area contributed by atoms with Crippen molar-refractivity contribution in [2.45, 2.75) is 33.4 Å². The molecule has 16 heavy (non-hydrogen) atoms. The molecule has 0 fully saturated rings. The molecule has 2 nitrogen and oxygen atoms in total. The van der Waals surface area contributed by atoms with Gasteiger partial charge in [0.05, 0.1) is 0 Å². The smallest absolute Gasteiger partial charge is 0.0483 e. The van der Waals surface area contributed by atoms with Crippen LogP contribution in [0.25, 0.3) is 10.9 Å². The summed E-state index contributed by atoms with van der Waals surface area (Å²) in [6.45, 7) is 7.59. The van der Waals surface area contributed by atoms with Crippen molar-refractivity contribution in [3.63, 3.8) is 0 Å². The minimum Gasteiger partial charge on any atom is -0.347 e. The highest BCUT2D eigenvalue weighted by molar-refractivity contribution is 5.84. The molecule has 0 aliphatic carbocycles. The fourth-order valence-corrected chi connectivity index (χ4v) is 2.19. The SMILES string of the molecule is CCn1cc(C)c2cc(C(C)NC)ccc21. The molecule has 1 unspecified atom stereocenters. The normalized spacial score (nSPS) is 13.2. The summed E-state index contributed by atoms with van der Waals surface area (Å²) in [6.07, 6.45) is 2.23. The van der Waals surface area contributed by atoms with E-state index in [-0.39, 0.29) is 0 Å². The van der Waals surface area contributed by atoms with Gasteiger partial charge < -0.3 is 9.88 Å². The molecule has 1 heterocycles. The first-order valence-corrected chi connectivity index (χ1v) is 5.94. The third kappa shape index (κ3) is 1.74. The minimum absolute atomic E-state index is 0.411. The largest absolute Gasteiger partial charge is 0.347 e. The Morgan fingerprint density at radius 2 is 2.12 bits per heavy atom. The minimum atomic E-state index is 0.411. The Morgan fingerprint density at radius 3 is 2.75 bits per heavy atom. The second kappa shape index (κ2) is 4.30. The van der Waals surface area contributed by atoms with E-state index in [0.29, 0.717) is 6.04 Å². The first-order valence-electron chi connectivity index (χ1n) is 5.94. The van der Waals surface area contributed by atoms with Gasteiger partial charge in [-0.25, -0.2) is 0 Å². The van der Waals surface area contributed by atoms with Crippen LogP contribution in [0.2, 0.25) is 0 Å². The Balaban J connectivity index is 2.58. The van der Waals surface area contributed by atoms with Crippen LogP contribution in [-0.4, -0.2) is 11.6 Å². The van der Waals surface area contributed by atoms with Gasteiger partial charge in [0.2, 0.25) is 0 Å². The standard InChI is InChI=1S/C14H20N2/c1-5-16-9-10(2)13-8-12(11(3)15-4)6-7-14(13)16/h6-9,11,15H,5H2,1-4H3. The molecule has 0 aliphatic heterocycles. The average Bonchev–Trinajstić information content (AvgIpc) is 2.64. The monoisotopic (exact) mass is 216 g/mol. The van der Waals surface area contributed by atoms with Crippen molar-refractivity contribution < 1.29 is 0 Å². The number of nitrogens with one attached hydrogen (secondary N) is 1. The zero-order valence-electron chi connectivity index (χ0n) is 10.5. The predicted octanol–water partition coefficient (Wildman–Crippen LogP) is 3.25. The lowest BCUT2D eigenvalue weighted by Crippen LogP contribution is -2.11. The molecule has 0 bridgehead atoms. The van der Waals surface area contributed by atoms with Gasteiger partial charge in [-0.15, -0.1) is 0 Å². The number of aryl methyl sites for hydroxylation is 2. The Bertz CT molecular complexity index is 497. The molecule has 2 rings (SSSR count). The fourth-order valence-electron chi connectivity index (χ4n) is 2.19. The second-order valence-corrected chi connectivity index (χ2v) is 4.39. The maximum Gasteiger partial charge on any atom is 0.0483 e. The summed E-state index contributed by atoms with van der Waals surface area (Å²) in [4.78, 5) is 0. The van der Waals surface area contributed by atoms with E-state index in [4.69, 9.17) is 0 Å². The zero-order chi connectivity index (χ0) is 11.7. The van der Waals surface area contributed by atoms with E-state index >= 15 is 0 Å². The zero-order valence-corrected chi connectivity index (χ0v) is 10.5. The first kappa shape index (κ1) is 11.2. The molecule has 0 saturated heterocycles. The van der Waals surface area contributed by atoms with Gasteiger partial charge in [0.15, 0.2) is 0 Å². The molecule has 1 aromatic carbocycles. The van der Waals surface area contributed by atoms with Crippen molar-refractivity contribution in [1.82, 2.24) is 9.88 Å². The predicted molar refractivity (Wildman–Crippen MR) is 69.8 cm³/mol. The molecule has 0 spiro atoms. The van der Waals surface area contributed by atoms with Crippen LogP contribution in [0.5, 0.6) is 0 Å². The highest BCUT2D eigenvalue weighted by atomic mass is 14.9. The molecule has 0 saturated carbocycles. The lowest BCUT2D eigenvalue weighted by molar-refractivity contribution is 0.653. The number of hydrogen-bond acceptors (Lipinski definition) is 1. The number of benzene rings is 1. The number of rotatable bonds is 3. The van der Waals surface area contributed by atoms with Gasteiger partial charge in [-0.1, -0.05) is 6.07 Å². The molecular formula is C14H20N2. The van der Waals surface area contributed by atoms with Crippen LogP contribution in [0.15, 0.2) is 24.4 Å². The van der Waals surface area contributed by atoms with Crippen LogP contribution < -0.4 is 5.32 Å². The number of hydrogen-bond donors (Lipinski definition) is 1. The molecule has 86 valence electrons. The van der Waals surface area contributed by atoms with Crippen molar-refractivity contribution in [2.75, 3.05) is 7.05 Å². The van der Waals surface area contributed by atoms with Crippen LogP contribution in [0.3, 0.4) is 0 Å². The third-order valence-electron chi connectivity index (χ3n) is 3.38. The summed E-state index contributed by atoms with van der Waals surface area (Å²) in [5.74, 6) is 0. The highest BCUT2D eigenvalue weighted by Crippen LogP contribution is 2.24. The Morgan fingerprint density at radius 1 is 1.38 bits per heavy atom. The second-order valence-electron chi connectivity index (χ2n) is 4.39.